The van der Waals surface area contributed by atoms with Gasteiger partial charge in [0.2, 0.25) is 0 Å². The first kappa shape index (κ1) is 6.64. The Morgan fingerprint density at radius 3 is 3.09 bits per heavy atom. The Kier molecular flexibility index (Phi) is 1.52. The van der Waals surface area contributed by atoms with Crippen LogP contribution in [0.15, 0.2) is 24.3 Å². The highest BCUT2D eigenvalue weighted by Crippen LogP contribution is 2.30. The summed E-state index contributed by atoms with van der Waals surface area (Å²) < 4.78 is 5.36. The van der Waals surface area contributed by atoms with E-state index in [2.05, 4.69) is 5.43 Å². The van der Waals surface area contributed by atoms with E-state index in [4.69, 9.17) is 10.6 Å². The molecule has 0 saturated carbocycles. The summed E-state index contributed by atoms with van der Waals surface area (Å²) in [6.45, 7) is 0.635. The number of para-hydroxylation sites is 1. The maximum absolute atomic E-state index is 5.36. The quantitative estimate of drug-likeness (QED) is 0.455. The second-order valence-corrected chi connectivity index (χ2v) is 2.57. The van der Waals surface area contributed by atoms with Crippen LogP contribution in [0.25, 0.3) is 0 Å². The van der Waals surface area contributed by atoms with Gasteiger partial charge in [-0.25, -0.2) is 5.43 Å². The van der Waals surface area contributed by atoms with Crippen LogP contribution in [-0.4, -0.2) is 6.61 Å². The summed E-state index contributed by atoms with van der Waals surface area (Å²) in [6.07, 6.45) is 0. The zero-order valence-electron chi connectivity index (χ0n) is 6.08. The largest absolute Gasteiger partial charge is 0.491 e. The maximum atomic E-state index is 5.36. The number of hydrogen-bond donors (Lipinski definition) is 2. The Hall–Kier alpha value is -1.06. The molecular weight excluding hydrogens is 140 g/mol. The van der Waals surface area contributed by atoms with Gasteiger partial charge in [-0.1, -0.05) is 18.2 Å². The smallest absolute Gasteiger partial charge is 0.124 e. The highest BCUT2D eigenvalue weighted by molar-refractivity contribution is 5.38. The summed E-state index contributed by atoms with van der Waals surface area (Å²) in [5.74, 6) is 6.26. The van der Waals surface area contributed by atoms with Crippen LogP contribution in [-0.2, 0) is 0 Å². The van der Waals surface area contributed by atoms with Crippen molar-refractivity contribution in [3.63, 3.8) is 0 Å². The average molecular weight is 150 g/mol. The lowest BCUT2D eigenvalue weighted by atomic mass is 10.1. The zero-order chi connectivity index (χ0) is 7.68. The maximum Gasteiger partial charge on any atom is 0.124 e. The molecule has 1 aliphatic heterocycles. The Morgan fingerprint density at radius 1 is 1.45 bits per heavy atom. The van der Waals surface area contributed by atoms with Crippen molar-refractivity contribution in [3.05, 3.63) is 29.8 Å². The molecule has 1 aromatic carbocycles. The van der Waals surface area contributed by atoms with E-state index in [1.54, 1.807) is 0 Å². The van der Waals surface area contributed by atoms with Crippen LogP contribution in [0.1, 0.15) is 11.6 Å². The number of hydrogen-bond acceptors (Lipinski definition) is 3. The van der Waals surface area contributed by atoms with Gasteiger partial charge in [0.15, 0.2) is 0 Å². The molecule has 0 saturated heterocycles. The predicted molar refractivity (Wildman–Crippen MR) is 42.0 cm³/mol. The first-order chi connectivity index (χ1) is 5.42. The Morgan fingerprint density at radius 2 is 2.27 bits per heavy atom. The molecule has 3 nitrogen and oxygen atoms in total. The van der Waals surface area contributed by atoms with Crippen molar-refractivity contribution in [1.29, 1.82) is 0 Å². The second kappa shape index (κ2) is 2.53. The minimum Gasteiger partial charge on any atom is -0.491 e. The molecule has 1 aliphatic rings. The highest BCUT2D eigenvalue weighted by Gasteiger charge is 2.21. The second-order valence-electron chi connectivity index (χ2n) is 2.57. The van der Waals surface area contributed by atoms with Gasteiger partial charge in [-0.05, 0) is 6.07 Å². The molecule has 1 atom stereocenters. The molecule has 0 aliphatic carbocycles. The normalized spacial score (nSPS) is 21.0. The molecule has 0 fully saturated rings. The van der Waals surface area contributed by atoms with E-state index in [9.17, 15) is 0 Å². The predicted octanol–water partition coefficient (Wildman–Crippen LogP) is 0.583. The summed E-state index contributed by atoms with van der Waals surface area (Å²) in [7, 11) is 0. The van der Waals surface area contributed by atoms with Crippen molar-refractivity contribution in [1.82, 2.24) is 5.43 Å². The monoisotopic (exact) mass is 150 g/mol. The zero-order valence-corrected chi connectivity index (χ0v) is 6.08. The molecule has 0 radical (unpaired) electrons. The topological polar surface area (TPSA) is 47.3 Å². The van der Waals surface area contributed by atoms with E-state index in [0.717, 1.165) is 11.3 Å². The standard InChI is InChI=1S/C8H10N2O/c9-10-7-5-11-8-4-2-1-3-6(7)8/h1-4,7,10H,5,9H2/t7-/m0/s1. The molecule has 58 valence electrons. The highest BCUT2D eigenvalue weighted by atomic mass is 16.5. The van der Waals surface area contributed by atoms with Gasteiger partial charge < -0.3 is 4.74 Å². The van der Waals surface area contributed by atoms with Crippen molar-refractivity contribution in [2.24, 2.45) is 5.84 Å². The lowest BCUT2D eigenvalue weighted by molar-refractivity contribution is 0.313. The van der Waals surface area contributed by atoms with Crippen molar-refractivity contribution in [2.75, 3.05) is 6.61 Å². The molecule has 3 N–H and O–H groups in total. The van der Waals surface area contributed by atoms with E-state index in [-0.39, 0.29) is 6.04 Å². The lowest BCUT2D eigenvalue weighted by Crippen LogP contribution is -2.28. The third-order valence-corrected chi connectivity index (χ3v) is 1.90. The van der Waals surface area contributed by atoms with Crippen LogP contribution >= 0.6 is 0 Å². The van der Waals surface area contributed by atoms with Gasteiger partial charge in [-0.2, -0.15) is 0 Å². The van der Waals surface area contributed by atoms with Crippen molar-refractivity contribution in [3.8, 4) is 5.75 Å². The third-order valence-electron chi connectivity index (χ3n) is 1.90. The minimum absolute atomic E-state index is 0.159. The summed E-state index contributed by atoms with van der Waals surface area (Å²) in [5.41, 5.74) is 3.84. The number of rotatable bonds is 1. The van der Waals surface area contributed by atoms with Crippen LogP contribution in [0.5, 0.6) is 5.75 Å². The Bertz CT molecular complexity index is 262. The molecule has 0 spiro atoms. The van der Waals surface area contributed by atoms with Gasteiger partial charge in [0.25, 0.3) is 0 Å². The fourth-order valence-corrected chi connectivity index (χ4v) is 1.30. The van der Waals surface area contributed by atoms with Crippen LogP contribution < -0.4 is 16.0 Å². The fourth-order valence-electron chi connectivity index (χ4n) is 1.30. The van der Waals surface area contributed by atoms with Crippen molar-refractivity contribution in [2.45, 2.75) is 6.04 Å². The molecule has 3 heteroatoms. The van der Waals surface area contributed by atoms with Crippen LogP contribution in [0.3, 0.4) is 0 Å². The van der Waals surface area contributed by atoms with E-state index >= 15 is 0 Å². The van der Waals surface area contributed by atoms with E-state index in [1.165, 1.54) is 0 Å². The van der Waals surface area contributed by atoms with Gasteiger partial charge in [0.1, 0.15) is 12.4 Å². The average Bonchev–Trinajstić information content (AvgIpc) is 2.47. The number of benzene rings is 1. The molecule has 0 amide bonds. The van der Waals surface area contributed by atoms with E-state index in [1.807, 2.05) is 24.3 Å². The van der Waals surface area contributed by atoms with Gasteiger partial charge in [0, 0.05) is 5.56 Å². The summed E-state index contributed by atoms with van der Waals surface area (Å²) in [4.78, 5) is 0. The first-order valence-electron chi connectivity index (χ1n) is 3.59. The van der Waals surface area contributed by atoms with Crippen LogP contribution in [0.4, 0.5) is 0 Å². The van der Waals surface area contributed by atoms with Gasteiger partial charge in [-0.15, -0.1) is 0 Å². The molecule has 1 aromatic rings. The Labute approximate surface area is 65.1 Å². The minimum atomic E-state index is 0.159. The number of ether oxygens (including phenoxy) is 1. The summed E-state index contributed by atoms with van der Waals surface area (Å²) >= 11 is 0. The molecule has 0 bridgehead atoms. The first-order valence-corrected chi connectivity index (χ1v) is 3.59. The molecule has 0 aromatic heterocycles. The number of fused-ring (bicyclic) bond motifs is 1. The molecular formula is C8H10N2O. The van der Waals surface area contributed by atoms with Gasteiger partial charge >= 0.3 is 0 Å². The molecule has 1 heterocycles. The van der Waals surface area contributed by atoms with E-state index in [0.29, 0.717) is 6.61 Å². The fraction of sp³-hybridized carbons (Fsp3) is 0.250. The molecule has 0 unspecified atom stereocenters. The van der Waals surface area contributed by atoms with Gasteiger partial charge in [-0.3, -0.25) is 5.84 Å². The van der Waals surface area contributed by atoms with Crippen molar-refractivity contribution < 1.29 is 4.74 Å². The third kappa shape index (κ3) is 0.982. The van der Waals surface area contributed by atoms with Crippen LogP contribution in [0.2, 0.25) is 0 Å². The molecule has 2 rings (SSSR count). The SMILES string of the molecule is NN[C@H]1COc2ccccc21. The van der Waals surface area contributed by atoms with Crippen LogP contribution in [0, 0.1) is 0 Å². The number of nitrogens with two attached hydrogens (primary N) is 1. The lowest BCUT2D eigenvalue weighted by Gasteiger charge is -2.04. The van der Waals surface area contributed by atoms with Gasteiger partial charge in [0.05, 0.1) is 6.04 Å². The summed E-state index contributed by atoms with van der Waals surface area (Å²) in [6, 6.07) is 8.07. The number of nitrogens with one attached hydrogen (secondary N) is 1. The van der Waals surface area contributed by atoms with Crippen molar-refractivity contribution >= 4 is 0 Å². The Balaban J connectivity index is 2.39. The molecule has 11 heavy (non-hydrogen) atoms. The summed E-state index contributed by atoms with van der Waals surface area (Å²) in [5, 5.41) is 0. The number of hydrazine groups is 1. The van der Waals surface area contributed by atoms with E-state index < -0.39 is 0 Å².